The van der Waals surface area contributed by atoms with E-state index in [1.807, 2.05) is 0 Å². The van der Waals surface area contributed by atoms with E-state index in [2.05, 4.69) is 0 Å². The molecule has 0 saturated carbocycles. The lowest BCUT2D eigenvalue weighted by atomic mass is 10.1. The zero-order chi connectivity index (χ0) is 14.2. The van der Waals surface area contributed by atoms with Gasteiger partial charge in [0.1, 0.15) is 10.8 Å². The number of anilines is 1. The van der Waals surface area contributed by atoms with E-state index in [9.17, 15) is 9.18 Å². The van der Waals surface area contributed by atoms with E-state index in [1.54, 1.807) is 25.1 Å². The van der Waals surface area contributed by atoms with Gasteiger partial charge in [-0.25, -0.2) is 9.18 Å². The first-order valence-electron chi connectivity index (χ1n) is 5.37. The van der Waals surface area contributed by atoms with E-state index in [0.29, 0.717) is 5.69 Å². The monoisotopic (exact) mass is 301 g/mol. The molecule has 0 aliphatic carbocycles. The van der Waals surface area contributed by atoms with Crippen molar-refractivity contribution in [2.75, 3.05) is 19.0 Å². The molecule has 3 nitrogen and oxygen atoms in total. The van der Waals surface area contributed by atoms with Crippen molar-refractivity contribution in [2.45, 2.75) is 0 Å². The Morgan fingerprint density at radius 3 is 2.58 bits per heavy atom. The minimum absolute atomic E-state index is 0.0403. The van der Waals surface area contributed by atoms with Crippen LogP contribution >= 0.6 is 23.2 Å². The van der Waals surface area contributed by atoms with Gasteiger partial charge in [0.15, 0.2) is 5.82 Å². The average molecular weight is 302 g/mol. The van der Waals surface area contributed by atoms with Gasteiger partial charge in [-0.05, 0) is 12.1 Å². The van der Waals surface area contributed by atoms with Crippen LogP contribution in [0.25, 0.3) is 11.3 Å². The van der Waals surface area contributed by atoms with Crippen molar-refractivity contribution in [1.82, 2.24) is 0 Å². The molecule has 2 aromatic rings. The third kappa shape index (κ3) is 2.60. The van der Waals surface area contributed by atoms with Crippen LogP contribution < -0.4 is 10.5 Å². The molecule has 0 spiro atoms. The largest absolute Gasteiger partial charge is 0.421 e. The normalized spacial score (nSPS) is 10.6. The molecule has 0 amide bonds. The highest BCUT2D eigenvalue weighted by molar-refractivity contribution is 6.33. The van der Waals surface area contributed by atoms with E-state index in [1.165, 1.54) is 18.2 Å². The molecule has 100 valence electrons. The zero-order valence-corrected chi connectivity index (χ0v) is 11.7. The molecular formula is C13H10Cl2FNO2. The zero-order valence-electron chi connectivity index (χ0n) is 10.2. The highest BCUT2D eigenvalue weighted by atomic mass is 35.5. The lowest BCUT2D eigenvalue weighted by Gasteiger charge is -2.14. The SMILES string of the molecule is CN(C)c1cc(-c2cccc(Cl)c2F)oc(=O)c1Cl. The third-order valence-electron chi connectivity index (χ3n) is 2.57. The first-order chi connectivity index (χ1) is 8.91. The Morgan fingerprint density at radius 1 is 1.26 bits per heavy atom. The standard InChI is InChI=1S/C13H10Cl2FNO2/c1-17(2)9-6-10(19-13(18)11(9)15)7-4-3-5-8(14)12(7)16/h3-6H,1-2H3. The molecular weight excluding hydrogens is 292 g/mol. The van der Waals surface area contributed by atoms with Crippen LogP contribution in [-0.2, 0) is 0 Å². The van der Waals surface area contributed by atoms with Gasteiger partial charge < -0.3 is 9.32 Å². The Hall–Kier alpha value is -1.52. The van der Waals surface area contributed by atoms with Crippen LogP contribution in [0.1, 0.15) is 0 Å². The van der Waals surface area contributed by atoms with Crippen LogP contribution in [0.2, 0.25) is 10.0 Å². The summed E-state index contributed by atoms with van der Waals surface area (Å²) in [7, 11) is 3.44. The summed E-state index contributed by atoms with van der Waals surface area (Å²) in [6, 6.07) is 5.97. The van der Waals surface area contributed by atoms with Crippen LogP contribution in [0.4, 0.5) is 10.1 Å². The van der Waals surface area contributed by atoms with Gasteiger partial charge in [-0.15, -0.1) is 0 Å². The average Bonchev–Trinajstić information content (AvgIpc) is 2.35. The Kier molecular flexibility index (Phi) is 3.83. The predicted octanol–water partition coefficient (Wildman–Crippen LogP) is 3.82. The molecule has 0 fully saturated rings. The number of hydrogen-bond donors (Lipinski definition) is 0. The van der Waals surface area contributed by atoms with Crippen molar-refractivity contribution in [3.63, 3.8) is 0 Å². The first kappa shape index (κ1) is 13.9. The number of benzene rings is 1. The summed E-state index contributed by atoms with van der Waals surface area (Å²) in [4.78, 5) is 13.3. The van der Waals surface area contributed by atoms with Crippen LogP contribution in [0.3, 0.4) is 0 Å². The lowest BCUT2D eigenvalue weighted by Crippen LogP contribution is -2.14. The van der Waals surface area contributed by atoms with E-state index >= 15 is 0 Å². The smallest absolute Gasteiger partial charge is 0.357 e. The Labute approximate surface area is 119 Å². The maximum atomic E-state index is 13.9. The highest BCUT2D eigenvalue weighted by Crippen LogP contribution is 2.31. The summed E-state index contributed by atoms with van der Waals surface area (Å²) in [5.41, 5.74) is -0.154. The maximum absolute atomic E-state index is 13.9. The fourth-order valence-electron chi connectivity index (χ4n) is 1.62. The Bertz CT molecular complexity index is 683. The molecule has 0 aliphatic heterocycles. The topological polar surface area (TPSA) is 33.5 Å². The van der Waals surface area contributed by atoms with E-state index in [-0.39, 0.29) is 21.4 Å². The van der Waals surface area contributed by atoms with Crippen molar-refractivity contribution in [2.24, 2.45) is 0 Å². The number of nitrogens with zero attached hydrogens (tertiary/aromatic N) is 1. The number of halogens is 3. The third-order valence-corrected chi connectivity index (χ3v) is 3.21. The Morgan fingerprint density at radius 2 is 1.95 bits per heavy atom. The molecule has 0 N–H and O–H groups in total. The van der Waals surface area contributed by atoms with E-state index in [0.717, 1.165) is 0 Å². The molecule has 6 heteroatoms. The molecule has 1 aromatic heterocycles. The Balaban J connectivity index is 2.70. The first-order valence-corrected chi connectivity index (χ1v) is 6.12. The summed E-state index contributed by atoms with van der Waals surface area (Å²) >= 11 is 11.6. The van der Waals surface area contributed by atoms with Gasteiger partial charge in [0, 0.05) is 20.2 Å². The quantitative estimate of drug-likeness (QED) is 0.845. The van der Waals surface area contributed by atoms with Crippen molar-refractivity contribution >= 4 is 28.9 Å². The van der Waals surface area contributed by atoms with Gasteiger partial charge in [0.05, 0.1) is 16.3 Å². The summed E-state index contributed by atoms with van der Waals surface area (Å²) in [6.45, 7) is 0. The van der Waals surface area contributed by atoms with Crippen LogP contribution in [-0.4, -0.2) is 14.1 Å². The molecule has 1 heterocycles. The van der Waals surface area contributed by atoms with E-state index in [4.69, 9.17) is 27.6 Å². The summed E-state index contributed by atoms with van der Waals surface area (Å²) in [5.74, 6) is -0.558. The second-order valence-corrected chi connectivity index (χ2v) is 4.88. The maximum Gasteiger partial charge on any atom is 0.357 e. The van der Waals surface area contributed by atoms with Crippen molar-refractivity contribution < 1.29 is 8.81 Å². The van der Waals surface area contributed by atoms with Gasteiger partial charge in [-0.2, -0.15) is 0 Å². The fourth-order valence-corrected chi connectivity index (χ4v) is 2.06. The molecule has 0 aliphatic rings. The van der Waals surface area contributed by atoms with Crippen LogP contribution in [0, 0.1) is 5.82 Å². The molecule has 2 rings (SSSR count). The lowest BCUT2D eigenvalue weighted by molar-refractivity contribution is 0.520. The molecule has 19 heavy (non-hydrogen) atoms. The number of rotatable bonds is 2. The minimum Gasteiger partial charge on any atom is -0.421 e. The van der Waals surface area contributed by atoms with Gasteiger partial charge >= 0.3 is 5.63 Å². The fraction of sp³-hybridized carbons (Fsp3) is 0.154. The van der Waals surface area contributed by atoms with Crippen molar-refractivity contribution in [3.8, 4) is 11.3 Å². The van der Waals surface area contributed by atoms with Crippen molar-refractivity contribution in [1.29, 1.82) is 0 Å². The highest BCUT2D eigenvalue weighted by Gasteiger charge is 2.16. The molecule has 0 saturated heterocycles. The van der Waals surface area contributed by atoms with Gasteiger partial charge in [-0.3, -0.25) is 0 Å². The van der Waals surface area contributed by atoms with Crippen molar-refractivity contribution in [3.05, 3.63) is 50.5 Å². The molecule has 0 radical (unpaired) electrons. The summed E-state index contributed by atoms with van der Waals surface area (Å²) < 4.78 is 18.9. The summed E-state index contributed by atoms with van der Waals surface area (Å²) in [6.07, 6.45) is 0. The minimum atomic E-state index is -0.720. The van der Waals surface area contributed by atoms with Gasteiger partial charge in [0.2, 0.25) is 0 Å². The van der Waals surface area contributed by atoms with E-state index < -0.39 is 11.4 Å². The second-order valence-electron chi connectivity index (χ2n) is 4.09. The summed E-state index contributed by atoms with van der Waals surface area (Å²) in [5, 5.41) is -0.0855. The predicted molar refractivity (Wildman–Crippen MR) is 74.7 cm³/mol. The van der Waals surface area contributed by atoms with Gasteiger partial charge in [-0.1, -0.05) is 29.3 Å². The second kappa shape index (κ2) is 5.23. The molecule has 1 aromatic carbocycles. The molecule has 0 bridgehead atoms. The number of hydrogen-bond acceptors (Lipinski definition) is 3. The van der Waals surface area contributed by atoms with Gasteiger partial charge in [0.25, 0.3) is 0 Å². The van der Waals surface area contributed by atoms with Crippen LogP contribution in [0.5, 0.6) is 0 Å². The van der Waals surface area contributed by atoms with Crippen LogP contribution in [0.15, 0.2) is 33.5 Å². The molecule has 0 unspecified atom stereocenters. The molecule has 0 atom stereocenters.